The molecule has 6 aromatic carbocycles. The van der Waals surface area contributed by atoms with Crippen LogP contribution in [0.2, 0.25) is 1.41 Å². The van der Waals surface area contributed by atoms with E-state index < -0.39 is 0 Å². The van der Waals surface area contributed by atoms with Crippen LogP contribution < -0.4 is 31.9 Å². The molecule has 6 aliphatic heterocycles. The molecule has 0 radical (unpaired) electrons. The van der Waals surface area contributed by atoms with Crippen LogP contribution in [-0.4, -0.2) is 39.2 Å². The van der Waals surface area contributed by atoms with Crippen molar-refractivity contribution in [3.63, 3.8) is 0 Å². The molecular formula is C66H90N6. The zero-order chi connectivity index (χ0) is 56.5. The van der Waals surface area contributed by atoms with Crippen molar-refractivity contribution in [1.29, 1.82) is 0 Å². The summed E-state index contributed by atoms with van der Waals surface area (Å²) in [5, 5.41) is 17.9. The van der Waals surface area contributed by atoms with Gasteiger partial charge in [0.1, 0.15) is 0 Å². The first kappa shape index (κ1) is 45.9. The molecule has 0 saturated carbocycles. The second-order valence-electron chi connectivity index (χ2n) is 21.8. The van der Waals surface area contributed by atoms with Gasteiger partial charge >= 0.3 is 0 Å². The molecule has 0 saturated heterocycles. The molecule has 0 spiro atoms. The van der Waals surface area contributed by atoms with Crippen molar-refractivity contribution in [2.45, 2.75) is 157 Å². The van der Waals surface area contributed by atoms with E-state index in [-0.39, 0.29) is 12.9 Å². The van der Waals surface area contributed by atoms with Gasteiger partial charge < -0.3 is 31.9 Å². The average molecular weight is 980 g/mol. The smallest absolute Gasteiger partial charge is 0.160 e. The first-order valence-corrected chi connectivity index (χ1v) is 27.2. The lowest BCUT2D eigenvalue weighted by Crippen LogP contribution is -1.92. The van der Waals surface area contributed by atoms with Crippen molar-refractivity contribution in [3.8, 4) is 0 Å². The standard InChI is InChI=1S/6C11H15N/c6*1-8(2)10-4-3-9-5-6-12-11(9)7-10/h6*3-4,7-8,12H,5-6H2,1-2H3/i7T;6T;5T;4T;3T;/hT. The van der Waals surface area contributed by atoms with Crippen LogP contribution in [0.3, 0.4) is 0 Å². The van der Waals surface area contributed by atoms with Crippen LogP contribution in [0.4, 0.5) is 34.1 Å². The summed E-state index contributed by atoms with van der Waals surface area (Å²) in [5.41, 5.74) is 22.0. The number of hydrogen-bond donors (Lipinski definition) is 6. The van der Waals surface area contributed by atoms with Crippen LogP contribution in [0.5, 0.6) is 0 Å². The zero-order valence-electron chi connectivity index (χ0n) is 51.8. The van der Waals surface area contributed by atoms with E-state index in [0.717, 1.165) is 104 Å². The molecule has 0 aliphatic carbocycles. The van der Waals surface area contributed by atoms with E-state index in [1.165, 1.54) is 61.4 Å². The average Bonchev–Trinajstić information content (AvgIpc) is 4.29. The minimum Gasteiger partial charge on any atom is -0.384 e. The summed E-state index contributed by atoms with van der Waals surface area (Å²) in [6, 6.07) is 34.1. The van der Waals surface area contributed by atoms with Crippen LogP contribution >= 0.6 is 0 Å². The number of rotatable bonds is 6. The molecular weight excluding hydrogens is 877 g/mol. The summed E-state index contributed by atoms with van der Waals surface area (Å²) in [4.78, 5) is 0. The van der Waals surface area contributed by atoms with Crippen molar-refractivity contribution in [2.24, 2.45) is 0 Å². The van der Waals surface area contributed by atoms with Gasteiger partial charge in [0.25, 0.3) is 0 Å². The second-order valence-corrected chi connectivity index (χ2v) is 21.8. The lowest BCUT2D eigenvalue weighted by atomic mass is 10.0. The maximum atomic E-state index is 8.00. The third-order valence-corrected chi connectivity index (χ3v) is 14.3. The Morgan fingerprint density at radius 3 is 1.32 bits per heavy atom. The molecule has 6 heterocycles. The summed E-state index contributed by atoms with van der Waals surface area (Å²) in [6.07, 6.45) is 4.94. The quantitative estimate of drug-likeness (QED) is 0.0999. The van der Waals surface area contributed by atoms with E-state index in [1.807, 2.05) is 12.1 Å². The third kappa shape index (κ3) is 14.6. The van der Waals surface area contributed by atoms with Gasteiger partial charge in [0.2, 0.25) is 0 Å². The first-order chi connectivity index (χ1) is 37.1. The van der Waals surface area contributed by atoms with Gasteiger partial charge in [-0.15, -0.1) is 0 Å². The molecule has 6 heteroatoms. The molecule has 6 N–H and O–H groups in total. The van der Waals surface area contributed by atoms with Crippen LogP contribution in [-0.2, 0) is 38.5 Å². The highest BCUT2D eigenvalue weighted by atomic mass is 14.9. The molecule has 12 rings (SSSR count). The fourth-order valence-corrected chi connectivity index (χ4v) is 9.37. The lowest BCUT2D eigenvalue weighted by molar-refractivity contribution is 0.867. The summed E-state index contributed by atoms with van der Waals surface area (Å²) in [6.45, 7) is 30.5. The van der Waals surface area contributed by atoms with E-state index in [0.29, 0.717) is 53.6 Å². The van der Waals surface area contributed by atoms with E-state index in [1.54, 1.807) is 5.31 Å². The molecule has 6 aromatic rings. The molecule has 6 aliphatic rings. The fraction of sp³-hybridized carbons (Fsp3) is 0.455. The molecule has 384 valence electrons. The number of aryl methyl sites for hydroxylation is 1. The van der Waals surface area contributed by atoms with Gasteiger partial charge in [0.15, 0.2) is 1.41 Å². The van der Waals surface area contributed by atoms with Crippen LogP contribution in [0.1, 0.15) is 192 Å². The molecule has 0 amide bonds. The van der Waals surface area contributed by atoms with Crippen molar-refractivity contribution >= 4 is 34.1 Å². The molecule has 2 atom stereocenters. The Balaban J connectivity index is 0.000000136. The largest absolute Gasteiger partial charge is 0.384 e. The zero-order valence-corrected chi connectivity index (χ0v) is 45.8. The predicted molar refractivity (Wildman–Crippen MR) is 316 cm³/mol. The minimum absolute atomic E-state index is 0.0730. The maximum Gasteiger partial charge on any atom is 0.160 e. The van der Waals surface area contributed by atoms with Gasteiger partial charge in [-0.25, -0.2) is 0 Å². The van der Waals surface area contributed by atoms with Crippen LogP contribution in [0.15, 0.2) is 109 Å². The van der Waals surface area contributed by atoms with Gasteiger partial charge in [-0.2, -0.15) is 0 Å². The lowest BCUT2D eigenvalue weighted by Gasteiger charge is -2.07. The highest BCUT2D eigenvalue weighted by Gasteiger charge is 2.15. The van der Waals surface area contributed by atoms with Gasteiger partial charge in [-0.3, -0.25) is 0 Å². The molecule has 0 fully saturated rings. The first-order valence-electron chi connectivity index (χ1n) is 30.3. The van der Waals surface area contributed by atoms with E-state index in [9.17, 15) is 0 Å². The maximum absolute atomic E-state index is 8.00. The number of fused-ring (bicyclic) bond motifs is 6. The van der Waals surface area contributed by atoms with E-state index in [2.05, 4.69) is 189 Å². The Kier molecular flexibility index (Phi) is 16.4. The Labute approximate surface area is 444 Å². The SMILES string of the molecule is [3H]C1CNc2cc(C(C)C)ccc21.[3H]C1Cc2ccc(C(C)C)cc2N1.[3H]N1CCc2ccc(C(C)C)cc21.[3H]c1c(C(C)C)ccc2c1NCC2.[3H]c1cc(C(C)C)cc2c1CCN2.[3H]c1cc2c(cc1C(C)C)NCC2. The normalized spacial score (nSPS) is 17.9. The van der Waals surface area contributed by atoms with Gasteiger partial charge in [0, 0.05) is 76.1 Å². The summed E-state index contributed by atoms with van der Waals surface area (Å²) in [7, 11) is 0. The van der Waals surface area contributed by atoms with Crippen LogP contribution in [0.25, 0.3) is 0 Å². The third-order valence-electron chi connectivity index (χ3n) is 14.3. The van der Waals surface area contributed by atoms with Crippen molar-refractivity contribution in [3.05, 3.63) is 176 Å². The minimum atomic E-state index is -0.141. The highest BCUT2D eigenvalue weighted by molar-refractivity contribution is 5.61. The van der Waals surface area contributed by atoms with Crippen molar-refractivity contribution in [2.75, 3.05) is 71.1 Å². The van der Waals surface area contributed by atoms with Crippen molar-refractivity contribution in [1.82, 2.24) is 0 Å². The van der Waals surface area contributed by atoms with Gasteiger partial charge in [-0.05, 0) is 177 Å². The highest BCUT2D eigenvalue weighted by Crippen LogP contribution is 2.31. The van der Waals surface area contributed by atoms with Crippen molar-refractivity contribution < 1.29 is 8.27 Å². The molecule has 0 bridgehead atoms. The molecule has 72 heavy (non-hydrogen) atoms. The van der Waals surface area contributed by atoms with Gasteiger partial charge in [0.05, 0.1) is 4.11 Å². The second kappa shape index (κ2) is 25.7. The Hall–Kier alpha value is -5.88. The number of hydrogen-bond acceptors (Lipinski definition) is 6. The summed E-state index contributed by atoms with van der Waals surface area (Å²) in [5.74, 6) is 3.09. The summed E-state index contributed by atoms with van der Waals surface area (Å²) >= 11 is 0. The fourth-order valence-electron chi connectivity index (χ4n) is 9.37. The summed E-state index contributed by atoms with van der Waals surface area (Å²) < 4.78 is 46.7. The predicted octanol–water partition coefficient (Wildman–Crippen LogP) is 16.7. The van der Waals surface area contributed by atoms with Gasteiger partial charge in [-0.1, -0.05) is 156 Å². The number of benzene rings is 6. The molecule has 2 unspecified atom stereocenters. The Bertz CT molecular complexity index is 2980. The monoisotopic (exact) mass is 979 g/mol. The van der Waals surface area contributed by atoms with E-state index >= 15 is 0 Å². The number of anilines is 6. The Morgan fingerprint density at radius 2 is 0.736 bits per heavy atom. The molecule has 6 nitrogen and oxygen atoms in total. The molecule has 0 aromatic heterocycles. The number of nitrogens with one attached hydrogen (secondary N) is 6. The topological polar surface area (TPSA) is 72.2 Å². The van der Waals surface area contributed by atoms with Crippen LogP contribution in [0, 0.1) is 0 Å². The van der Waals surface area contributed by atoms with E-state index in [4.69, 9.17) is 8.27 Å². The Morgan fingerprint density at radius 1 is 0.347 bits per heavy atom.